The largest absolute Gasteiger partial charge is 0.449 e. The van der Waals surface area contributed by atoms with Crippen LogP contribution in [0.4, 0.5) is 0 Å². The van der Waals surface area contributed by atoms with Crippen LogP contribution < -0.4 is 4.72 Å². The van der Waals surface area contributed by atoms with Crippen molar-refractivity contribution in [1.82, 2.24) is 9.62 Å². The summed E-state index contributed by atoms with van der Waals surface area (Å²) < 4.78 is 31.3. The number of amides is 1. The predicted molar refractivity (Wildman–Crippen MR) is 97.6 cm³/mol. The van der Waals surface area contributed by atoms with Crippen molar-refractivity contribution in [2.45, 2.75) is 43.6 Å². The van der Waals surface area contributed by atoms with Gasteiger partial charge in [-0.2, -0.15) is 0 Å². The molecule has 0 bridgehead atoms. The Morgan fingerprint density at radius 2 is 1.81 bits per heavy atom. The SMILES string of the molecule is CNS(=O)(=O)c1cc(C(=O)O[C@@H](C)C(=O)N2CCCCCC2)ccc1Cl. The average molecular weight is 403 g/mol. The van der Waals surface area contributed by atoms with Crippen LogP contribution in [0.5, 0.6) is 0 Å². The number of carbonyl (C=O) groups is 2. The maximum absolute atomic E-state index is 12.5. The van der Waals surface area contributed by atoms with Crippen LogP contribution >= 0.6 is 11.6 Å². The van der Waals surface area contributed by atoms with Crippen molar-refractivity contribution < 1.29 is 22.7 Å². The van der Waals surface area contributed by atoms with E-state index in [0.29, 0.717) is 13.1 Å². The summed E-state index contributed by atoms with van der Waals surface area (Å²) >= 11 is 5.91. The summed E-state index contributed by atoms with van der Waals surface area (Å²) in [5.41, 5.74) is 0.0127. The van der Waals surface area contributed by atoms with Gasteiger partial charge >= 0.3 is 5.97 Å². The number of hydrogen-bond donors (Lipinski definition) is 1. The fourth-order valence-electron chi connectivity index (χ4n) is 2.77. The van der Waals surface area contributed by atoms with Crippen LogP contribution in [0.3, 0.4) is 0 Å². The number of hydrogen-bond acceptors (Lipinski definition) is 5. The summed E-state index contributed by atoms with van der Waals surface area (Å²) in [6.07, 6.45) is 3.11. The molecule has 1 N–H and O–H groups in total. The molecule has 0 spiro atoms. The Balaban J connectivity index is 2.11. The van der Waals surface area contributed by atoms with Crippen LogP contribution in [0.15, 0.2) is 23.1 Å². The third kappa shape index (κ3) is 4.96. The molecule has 1 heterocycles. The van der Waals surface area contributed by atoms with Crippen molar-refractivity contribution in [2.24, 2.45) is 0 Å². The van der Waals surface area contributed by atoms with E-state index in [1.54, 1.807) is 4.90 Å². The quantitative estimate of drug-likeness (QED) is 0.762. The highest BCUT2D eigenvalue weighted by atomic mass is 35.5. The minimum absolute atomic E-state index is 0.00964. The van der Waals surface area contributed by atoms with Crippen molar-refractivity contribution in [3.8, 4) is 0 Å². The standard InChI is InChI=1S/C17H23ClN2O5S/c1-12(16(21)20-9-5-3-4-6-10-20)25-17(22)13-7-8-14(18)15(11-13)26(23,24)19-2/h7-8,11-12,19H,3-6,9-10H2,1-2H3/t12-/m0/s1. The van der Waals surface area contributed by atoms with Crippen molar-refractivity contribution in [1.29, 1.82) is 0 Å². The van der Waals surface area contributed by atoms with E-state index in [1.165, 1.54) is 26.1 Å². The van der Waals surface area contributed by atoms with E-state index in [4.69, 9.17) is 16.3 Å². The van der Waals surface area contributed by atoms with Crippen LogP contribution in [0.25, 0.3) is 0 Å². The number of likely N-dealkylation sites (tertiary alicyclic amines) is 1. The van der Waals surface area contributed by atoms with E-state index < -0.39 is 22.1 Å². The zero-order valence-electron chi connectivity index (χ0n) is 14.8. The molecule has 9 heteroatoms. The maximum Gasteiger partial charge on any atom is 0.338 e. The number of carbonyl (C=O) groups excluding carboxylic acids is 2. The number of sulfonamides is 1. The molecule has 1 aromatic rings. The Bertz CT molecular complexity index is 773. The second-order valence-electron chi connectivity index (χ2n) is 6.14. The summed E-state index contributed by atoms with van der Waals surface area (Å²) in [4.78, 5) is 26.3. The lowest BCUT2D eigenvalue weighted by Gasteiger charge is -2.24. The summed E-state index contributed by atoms with van der Waals surface area (Å²) in [5, 5.41) is -0.00964. The Labute approximate surface area is 158 Å². The summed E-state index contributed by atoms with van der Waals surface area (Å²) in [7, 11) is -2.57. The number of nitrogens with one attached hydrogen (secondary N) is 1. The molecule has 1 atom stereocenters. The van der Waals surface area contributed by atoms with Gasteiger partial charge in [0.05, 0.1) is 10.6 Å². The first-order chi connectivity index (χ1) is 12.3. The van der Waals surface area contributed by atoms with Gasteiger partial charge < -0.3 is 9.64 Å². The van der Waals surface area contributed by atoms with Gasteiger partial charge in [0.25, 0.3) is 5.91 Å². The normalized spacial score (nSPS) is 16.7. The van der Waals surface area contributed by atoms with E-state index in [0.717, 1.165) is 31.7 Å². The lowest BCUT2D eigenvalue weighted by atomic mass is 10.2. The van der Waals surface area contributed by atoms with E-state index in [1.807, 2.05) is 0 Å². The van der Waals surface area contributed by atoms with Gasteiger partial charge in [-0.05, 0) is 45.0 Å². The fraction of sp³-hybridized carbons (Fsp3) is 0.529. The Morgan fingerprint density at radius 3 is 2.38 bits per heavy atom. The Kier molecular flexibility index (Phi) is 7.02. The average Bonchev–Trinajstić information content (AvgIpc) is 2.90. The molecule has 144 valence electrons. The topological polar surface area (TPSA) is 92.8 Å². The number of rotatable bonds is 5. The van der Waals surface area contributed by atoms with Gasteiger partial charge in [-0.15, -0.1) is 0 Å². The zero-order valence-corrected chi connectivity index (χ0v) is 16.4. The highest BCUT2D eigenvalue weighted by Crippen LogP contribution is 2.23. The summed E-state index contributed by atoms with van der Waals surface area (Å²) in [5.74, 6) is -1.01. The zero-order chi connectivity index (χ0) is 19.3. The van der Waals surface area contributed by atoms with Gasteiger partial charge in [0.15, 0.2) is 6.10 Å². The third-order valence-electron chi connectivity index (χ3n) is 4.27. The van der Waals surface area contributed by atoms with Crippen molar-refractivity contribution in [3.63, 3.8) is 0 Å². The highest BCUT2D eigenvalue weighted by Gasteiger charge is 2.26. The smallest absolute Gasteiger partial charge is 0.338 e. The van der Waals surface area contributed by atoms with Gasteiger partial charge in [-0.1, -0.05) is 24.4 Å². The molecule has 1 fully saturated rings. The summed E-state index contributed by atoms with van der Waals surface area (Å²) in [6.45, 7) is 2.84. The van der Waals surface area contributed by atoms with E-state index >= 15 is 0 Å². The fourth-order valence-corrected chi connectivity index (χ4v) is 4.02. The molecule has 7 nitrogen and oxygen atoms in total. The first kappa shape index (κ1) is 20.7. The number of benzene rings is 1. The van der Waals surface area contributed by atoms with Gasteiger partial charge in [-0.3, -0.25) is 4.79 Å². The minimum atomic E-state index is -3.82. The summed E-state index contributed by atoms with van der Waals surface area (Å²) in [6, 6.07) is 3.81. The van der Waals surface area contributed by atoms with Gasteiger partial charge in [0.2, 0.25) is 10.0 Å². The third-order valence-corrected chi connectivity index (χ3v) is 6.17. The molecule has 1 aromatic carbocycles. The van der Waals surface area contributed by atoms with Crippen molar-refractivity contribution in [3.05, 3.63) is 28.8 Å². The van der Waals surface area contributed by atoms with E-state index in [9.17, 15) is 18.0 Å². The lowest BCUT2D eigenvalue weighted by molar-refractivity contribution is -0.139. The molecular formula is C17H23ClN2O5S. The van der Waals surface area contributed by atoms with Crippen LogP contribution in [0.2, 0.25) is 5.02 Å². The second kappa shape index (κ2) is 8.83. The molecule has 1 aliphatic rings. The Hall–Kier alpha value is -1.64. The monoisotopic (exact) mass is 402 g/mol. The van der Waals surface area contributed by atoms with Crippen molar-refractivity contribution >= 4 is 33.5 Å². The molecule has 0 aromatic heterocycles. The van der Waals surface area contributed by atoms with Gasteiger partial charge in [0.1, 0.15) is 4.90 Å². The van der Waals surface area contributed by atoms with Gasteiger partial charge in [-0.25, -0.2) is 17.9 Å². The number of halogens is 1. The first-order valence-corrected chi connectivity index (χ1v) is 10.3. The maximum atomic E-state index is 12.5. The molecule has 0 aliphatic carbocycles. The van der Waals surface area contributed by atoms with Crippen molar-refractivity contribution in [2.75, 3.05) is 20.1 Å². The Morgan fingerprint density at radius 1 is 1.19 bits per heavy atom. The molecule has 1 saturated heterocycles. The first-order valence-electron chi connectivity index (χ1n) is 8.49. The molecule has 1 amide bonds. The minimum Gasteiger partial charge on any atom is -0.449 e. The molecular weight excluding hydrogens is 380 g/mol. The number of nitrogens with zero attached hydrogens (tertiary/aromatic N) is 1. The van der Waals surface area contributed by atoms with Crippen LogP contribution in [0, 0.1) is 0 Å². The molecule has 2 rings (SSSR count). The van der Waals surface area contributed by atoms with E-state index in [2.05, 4.69) is 4.72 Å². The van der Waals surface area contributed by atoms with Crippen LogP contribution in [-0.4, -0.2) is 51.4 Å². The van der Waals surface area contributed by atoms with Gasteiger partial charge in [0, 0.05) is 13.1 Å². The highest BCUT2D eigenvalue weighted by molar-refractivity contribution is 7.89. The molecule has 1 aliphatic heterocycles. The second-order valence-corrected chi connectivity index (χ2v) is 8.40. The predicted octanol–water partition coefficient (Wildman–Crippen LogP) is 2.20. The number of esters is 1. The number of ether oxygens (including phenoxy) is 1. The molecule has 0 unspecified atom stereocenters. The molecule has 0 saturated carbocycles. The molecule has 26 heavy (non-hydrogen) atoms. The van der Waals surface area contributed by atoms with Crippen LogP contribution in [0.1, 0.15) is 43.0 Å². The lowest BCUT2D eigenvalue weighted by Crippen LogP contribution is -2.40. The van der Waals surface area contributed by atoms with Crippen LogP contribution in [-0.2, 0) is 19.6 Å². The molecule has 0 radical (unpaired) electrons. The van der Waals surface area contributed by atoms with E-state index in [-0.39, 0.29) is 21.4 Å².